The quantitative estimate of drug-likeness (QED) is 0.392. The highest BCUT2D eigenvalue weighted by Gasteiger charge is 2.30. The fraction of sp³-hybridized carbons (Fsp3) is 0.345. The summed E-state index contributed by atoms with van der Waals surface area (Å²) in [4.78, 5) is 42.7. The zero-order valence-corrected chi connectivity index (χ0v) is 21.7. The molecule has 3 aromatic rings. The molecule has 2 atom stereocenters. The van der Waals surface area contributed by atoms with Crippen molar-refractivity contribution in [2.24, 2.45) is 0 Å². The highest BCUT2D eigenvalue weighted by atomic mass is 35.5. The third-order valence-corrected chi connectivity index (χ3v) is 7.26. The molecule has 0 saturated heterocycles. The Balaban J connectivity index is 1.47. The molecule has 0 aromatic heterocycles. The second-order valence-electron chi connectivity index (χ2n) is 9.35. The molecule has 0 radical (unpaired) electrons. The van der Waals surface area contributed by atoms with E-state index in [0.29, 0.717) is 23.6 Å². The van der Waals surface area contributed by atoms with Gasteiger partial charge in [0.1, 0.15) is 6.04 Å². The maximum atomic E-state index is 13.4. The van der Waals surface area contributed by atoms with Crippen molar-refractivity contribution in [3.05, 3.63) is 76.8 Å². The smallest absolute Gasteiger partial charge is 0.258 e. The summed E-state index contributed by atoms with van der Waals surface area (Å²) < 4.78 is 0. The molecule has 3 aromatic carbocycles. The first kappa shape index (κ1) is 25.7. The molecule has 1 aliphatic rings. The molecule has 3 amide bonds. The number of nitrogens with zero attached hydrogens (tertiary/aromatic N) is 2. The Morgan fingerprint density at radius 3 is 2.47 bits per heavy atom. The Hall–Kier alpha value is -3.38. The summed E-state index contributed by atoms with van der Waals surface area (Å²) in [6.45, 7) is 6.34. The van der Waals surface area contributed by atoms with Gasteiger partial charge in [0.2, 0.25) is 11.8 Å². The number of hydrogen-bond acceptors (Lipinski definition) is 3. The van der Waals surface area contributed by atoms with E-state index >= 15 is 0 Å². The van der Waals surface area contributed by atoms with E-state index in [0.717, 1.165) is 28.4 Å². The maximum Gasteiger partial charge on any atom is 0.258 e. The SMILES string of the molecule is CC[C@H](C)NC(=O)[C@H](C)N(Cc1ccccc1Cl)C(=O)CCCN1C(=O)c2cccc3cccc1c23. The van der Waals surface area contributed by atoms with Gasteiger partial charge in [0.05, 0.1) is 5.69 Å². The molecule has 0 fully saturated rings. The van der Waals surface area contributed by atoms with Crippen molar-refractivity contribution in [1.29, 1.82) is 0 Å². The lowest BCUT2D eigenvalue weighted by atomic mass is 10.1. The molecular formula is C29H32ClN3O3. The molecule has 4 rings (SSSR count). The summed E-state index contributed by atoms with van der Waals surface area (Å²) >= 11 is 6.37. The normalized spacial score (nSPS) is 14.1. The highest BCUT2D eigenvalue weighted by molar-refractivity contribution is 6.31. The summed E-state index contributed by atoms with van der Waals surface area (Å²) in [5, 5.41) is 5.52. The van der Waals surface area contributed by atoms with Crippen molar-refractivity contribution in [2.45, 2.75) is 58.7 Å². The second kappa shape index (κ2) is 11.1. The first-order valence-electron chi connectivity index (χ1n) is 12.5. The fourth-order valence-corrected chi connectivity index (χ4v) is 4.79. The zero-order chi connectivity index (χ0) is 25.8. The number of halogens is 1. The van der Waals surface area contributed by atoms with Gasteiger partial charge in [0.15, 0.2) is 0 Å². The van der Waals surface area contributed by atoms with Crippen molar-refractivity contribution in [2.75, 3.05) is 11.4 Å². The number of nitrogens with one attached hydrogen (secondary N) is 1. The molecule has 0 aliphatic carbocycles. The number of carbonyl (C=O) groups excluding carboxylic acids is 3. The molecule has 0 spiro atoms. The van der Waals surface area contributed by atoms with Gasteiger partial charge in [0.25, 0.3) is 5.91 Å². The Bertz CT molecular complexity index is 1290. The zero-order valence-electron chi connectivity index (χ0n) is 21.0. The number of anilines is 1. The molecule has 7 heteroatoms. The van der Waals surface area contributed by atoms with Crippen LogP contribution in [-0.2, 0) is 16.1 Å². The summed E-state index contributed by atoms with van der Waals surface area (Å²) in [6, 6.07) is 18.3. The van der Waals surface area contributed by atoms with Crippen LogP contribution in [0.1, 0.15) is 56.0 Å². The van der Waals surface area contributed by atoms with E-state index < -0.39 is 6.04 Å². The van der Waals surface area contributed by atoms with E-state index in [9.17, 15) is 14.4 Å². The van der Waals surface area contributed by atoms with Gasteiger partial charge in [-0.25, -0.2) is 0 Å². The minimum absolute atomic E-state index is 0.0164. The van der Waals surface area contributed by atoms with Crippen molar-refractivity contribution in [3.63, 3.8) is 0 Å². The van der Waals surface area contributed by atoms with Crippen molar-refractivity contribution >= 4 is 45.8 Å². The third-order valence-electron chi connectivity index (χ3n) is 6.89. The molecule has 0 bridgehead atoms. The fourth-order valence-electron chi connectivity index (χ4n) is 4.59. The van der Waals surface area contributed by atoms with Crippen LogP contribution >= 0.6 is 11.6 Å². The topological polar surface area (TPSA) is 69.7 Å². The number of rotatable bonds is 10. The van der Waals surface area contributed by atoms with Crippen LogP contribution in [0.15, 0.2) is 60.7 Å². The molecule has 36 heavy (non-hydrogen) atoms. The predicted molar refractivity (Wildman–Crippen MR) is 144 cm³/mol. The van der Waals surface area contributed by atoms with Gasteiger partial charge in [-0.15, -0.1) is 0 Å². The Kier molecular flexibility index (Phi) is 7.94. The van der Waals surface area contributed by atoms with Crippen LogP contribution in [0.25, 0.3) is 10.8 Å². The van der Waals surface area contributed by atoms with Gasteiger partial charge in [-0.2, -0.15) is 0 Å². The lowest BCUT2D eigenvalue weighted by Crippen LogP contribution is -2.49. The highest BCUT2D eigenvalue weighted by Crippen LogP contribution is 2.37. The van der Waals surface area contributed by atoms with Crippen LogP contribution in [0.2, 0.25) is 5.02 Å². The standard InChI is InChI=1S/C29H32ClN3O3/c1-4-19(2)31-28(35)20(3)33(18-22-10-5-6-14-24(22)30)26(34)16-9-17-32-25-15-8-12-21-11-7-13-23(27(21)25)29(32)36/h5-8,10-15,19-20H,4,9,16-18H2,1-3H3,(H,31,35)/t19-,20-/m0/s1. The van der Waals surface area contributed by atoms with Gasteiger partial charge >= 0.3 is 0 Å². The Morgan fingerprint density at radius 1 is 1.03 bits per heavy atom. The number of hydrogen-bond donors (Lipinski definition) is 1. The minimum atomic E-state index is -0.658. The van der Waals surface area contributed by atoms with Crippen molar-refractivity contribution in [1.82, 2.24) is 10.2 Å². The van der Waals surface area contributed by atoms with Crippen LogP contribution in [0, 0.1) is 0 Å². The minimum Gasteiger partial charge on any atom is -0.352 e. The van der Waals surface area contributed by atoms with Crippen molar-refractivity contribution in [3.8, 4) is 0 Å². The summed E-state index contributed by atoms with van der Waals surface area (Å²) in [5.41, 5.74) is 2.37. The average Bonchev–Trinajstić information content (AvgIpc) is 3.15. The molecule has 1 N–H and O–H groups in total. The number of benzene rings is 3. The van der Waals surface area contributed by atoms with E-state index in [1.54, 1.807) is 22.8 Å². The maximum absolute atomic E-state index is 13.4. The van der Waals surface area contributed by atoms with Crippen LogP contribution in [0.4, 0.5) is 5.69 Å². The summed E-state index contributed by atoms with van der Waals surface area (Å²) in [7, 11) is 0. The van der Waals surface area contributed by atoms with Crippen LogP contribution in [-0.4, -0.2) is 41.2 Å². The molecule has 0 saturated carbocycles. The molecular weight excluding hydrogens is 474 g/mol. The lowest BCUT2D eigenvalue weighted by molar-refractivity contribution is -0.140. The van der Waals surface area contributed by atoms with E-state index in [2.05, 4.69) is 5.32 Å². The first-order chi connectivity index (χ1) is 17.3. The molecule has 1 heterocycles. The van der Waals surface area contributed by atoms with Gasteiger partial charge in [-0.1, -0.05) is 61.0 Å². The average molecular weight is 506 g/mol. The predicted octanol–water partition coefficient (Wildman–Crippen LogP) is 5.57. The van der Waals surface area contributed by atoms with Crippen molar-refractivity contribution < 1.29 is 14.4 Å². The second-order valence-corrected chi connectivity index (χ2v) is 9.76. The van der Waals surface area contributed by atoms with E-state index in [-0.39, 0.29) is 36.7 Å². The first-order valence-corrected chi connectivity index (χ1v) is 12.9. The van der Waals surface area contributed by atoms with E-state index in [4.69, 9.17) is 11.6 Å². The monoisotopic (exact) mass is 505 g/mol. The van der Waals surface area contributed by atoms with Crippen LogP contribution in [0.5, 0.6) is 0 Å². The van der Waals surface area contributed by atoms with Crippen LogP contribution < -0.4 is 10.2 Å². The van der Waals surface area contributed by atoms with Crippen LogP contribution in [0.3, 0.4) is 0 Å². The van der Waals surface area contributed by atoms with Gasteiger partial charge in [0, 0.05) is 41.5 Å². The van der Waals surface area contributed by atoms with Gasteiger partial charge in [-0.05, 0) is 55.8 Å². The number of amides is 3. The lowest BCUT2D eigenvalue weighted by Gasteiger charge is -2.30. The Labute approximate surface area is 217 Å². The molecule has 6 nitrogen and oxygen atoms in total. The molecule has 1 aliphatic heterocycles. The number of carbonyl (C=O) groups is 3. The van der Waals surface area contributed by atoms with Gasteiger partial charge < -0.3 is 15.1 Å². The molecule has 0 unspecified atom stereocenters. The van der Waals surface area contributed by atoms with E-state index in [1.807, 2.05) is 68.4 Å². The third kappa shape index (κ3) is 5.24. The summed E-state index contributed by atoms with van der Waals surface area (Å²) in [5.74, 6) is -0.380. The van der Waals surface area contributed by atoms with Gasteiger partial charge in [-0.3, -0.25) is 14.4 Å². The largest absolute Gasteiger partial charge is 0.352 e. The molecule has 188 valence electrons. The Morgan fingerprint density at radius 2 is 1.75 bits per heavy atom. The van der Waals surface area contributed by atoms with E-state index in [1.165, 1.54) is 0 Å². The summed E-state index contributed by atoms with van der Waals surface area (Å²) in [6.07, 6.45) is 1.49.